The molecule has 1 atom stereocenters. The molecule has 0 aliphatic carbocycles. The van der Waals surface area contributed by atoms with Crippen molar-refractivity contribution in [1.29, 1.82) is 0 Å². The summed E-state index contributed by atoms with van der Waals surface area (Å²) in [5.41, 5.74) is 5.47. The maximum Gasteiger partial charge on any atom is 0.317 e. The summed E-state index contributed by atoms with van der Waals surface area (Å²) in [5, 5.41) is 25.4. The first-order chi connectivity index (χ1) is 10.5. The lowest BCUT2D eigenvalue weighted by Crippen LogP contribution is -2.23. The van der Waals surface area contributed by atoms with Crippen molar-refractivity contribution in [3.8, 4) is 0 Å². The highest BCUT2D eigenvalue weighted by atomic mass is 16.4. The van der Waals surface area contributed by atoms with E-state index in [2.05, 4.69) is 13.8 Å². The molecule has 0 aromatic heterocycles. The van der Waals surface area contributed by atoms with Crippen LogP contribution in [0.1, 0.15) is 53.4 Å². The van der Waals surface area contributed by atoms with Crippen LogP contribution in [0.2, 0.25) is 0 Å². The van der Waals surface area contributed by atoms with Crippen molar-refractivity contribution in [3.05, 3.63) is 0 Å². The molecule has 7 nitrogen and oxygen atoms in total. The third-order valence-electron chi connectivity index (χ3n) is 3.60. The Labute approximate surface area is 137 Å². The summed E-state index contributed by atoms with van der Waals surface area (Å²) in [6.45, 7) is 8.59. The van der Waals surface area contributed by atoms with Crippen LogP contribution in [-0.4, -0.2) is 39.8 Å². The Hall–Kier alpha value is -1.63. The Morgan fingerprint density at radius 1 is 0.870 bits per heavy atom. The molecule has 0 aromatic carbocycles. The predicted octanol–water partition coefficient (Wildman–Crippen LogP) is 2.29. The van der Waals surface area contributed by atoms with Crippen molar-refractivity contribution in [2.75, 3.05) is 6.54 Å². The van der Waals surface area contributed by atoms with Gasteiger partial charge < -0.3 is 21.1 Å². The number of carbonyl (C=O) groups is 3. The van der Waals surface area contributed by atoms with E-state index in [9.17, 15) is 14.4 Å². The number of carboxylic acid groups (broad SMARTS) is 3. The van der Waals surface area contributed by atoms with E-state index in [1.807, 2.05) is 13.8 Å². The summed E-state index contributed by atoms with van der Waals surface area (Å²) in [4.78, 5) is 30.9. The van der Waals surface area contributed by atoms with E-state index in [1.165, 1.54) is 0 Å². The molecule has 0 aromatic rings. The smallest absolute Gasteiger partial charge is 0.317 e. The summed E-state index contributed by atoms with van der Waals surface area (Å²) >= 11 is 0. The SMILES string of the molecule is CC(C)C(CN)CCC(=O)O.CC(C)CCC(C(=O)O)C(=O)O. The molecule has 0 amide bonds. The first-order valence-electron chi connectivity index (χ1n) is 7.90. The summed E-state index contributed by atoms with van der Waals surface area (Å²) in [5.74, 6) is -3.29. The lowest BCUT2D eigenvalue weighted by molar-refractivity contribution is -0.155. The Kier molecular flexibility index (Phi) is 13.2. The molecule has 0 fully saturated rings. The van der Waals surface area contributed by atoms with E-state index in [1.54, 1.807) is 0 Å². The van der Waals surface area contributed by atoms with Gasteiger partial charge in [0.25, 0.3) is 0 Å². The van der Waals surface area contributed by atoms with Gasteiger partial charge in [-0.25, -0.2) is 0 Å². The van der Waals surface area contributed by atoms with Gasteiger partial charge >= 0.3 is 17.9 Å². The highest BCUT2D eigenvalue weighted by Crippen LogP contribution is 2.15. The molecule has 0 heterocycles. The average molecular weight is 333 g/mol. The van der Waals surface area contributed by atoms with Crippen molar-refractivity contribution in [2.24, 2.45) is 29.4 Å². The molecule has 7 heteroatoms. The van der Waals surface area contributed by atoms with Crippen LogP contribution in [0.5, 0.6) is 0 Å². The number of nitrogens with two attached hydrogens (primary N) is 1. The van der Waals surface area contributed by atoms with Gasteiger partial charge in [-0.2, -0.15) is 0 Å². The van der Waals surface area contributed by atoms with Crippen LogP contribution in [0.15, 0.2) is 0 Å². The number of hydrogen-bond acceptors (Lipinski definition) is 4. The quantitative estimate of drug-likeness (QED) is 0.450. The second-order valence-electron chi connectivity index (χ2n) is 6.37. The Bertz CT molecular complexity index is 354. The van der Waals surface area contributed by atoms with Gasteiger partial charge in [-0.05, 0) is 43.6 Å². The fourth-order valence-electron chi connectivity index (χ4n) is 1.88. The van der Waals surface area contributed by atoms with Gasteiger partial charge in [0.1, 0.15) is 0 Å². The first kappa shape index (κ1) is 23.6. The van der Waals surface area contributed by atoms with Crippen molar-refractivity contribution >= 4 is 17.9 Å². The topological polar surface area (TPSA) is 138 Å². The van der Waals surface area contributed by atoms with Crippen LogP contribution in [0.4, 0.5) is 0 Å². The normalized spacial score (nSPS) is 12.0. The molecule has 0 rings (SSSR count). The van der Waals surface area contributed by atoms with E-state index in [0.29, 0.717) is 37.1 Å². The Morgan fingerprint density at radius 3 is 1.61 bits per heavy atom. The predicted molar refractivity (Wildman–Crippen MR) is 87.1 cm³/mol. The lowest BCUT2D eigenvalue weighted by Gasteiger charge is -2.16. The summed E-state index contributed by atoms with van der Waals surface area (Å²) < 4.78 is 0. The van der Waals surface area contributed by atoms with E-state index < -0.39 is 23.8 Å². The van der Waals surface area contributed by atoms with Gasteiger partial charge in [0, 0.05) is 6.42 Å². The van der Waals surface area contributed by atoms with Crippen molar-refractivity contribution in [1.82, 2.24) is 0 Å². The van der Waals surface area contributed by atoms with Crippen LogP contribution < -0.4 is 5.73 Å². The molecular weight excluding hydrogens is 302 g/mol. The second kappa shape index (κ2) is 12.9. The fourth-order valence-corrected chi connectivity index (χ4v) is 1.88. The van der Waals surface area contributed by atoms with E-state index in [0.717, 1.165) is 0 Å². The third-order valence-corrected chi connectivity index (χ3v) is 3.60. The molecule has 0 aliphatic heterocycles. The molecule has 5 N–H and O–H groups in total. The summed E-state index contributed by atoms with van der Waals surface area (Å²) in [6.07, 6.45) is 1.77. The van der Waals surface area contributed by atoms with Crippen LogP contribution in [0, 0.1) is 23.7 Å². The van der Waals surface area contributed by atoms with Crippen molar-refractivity contribution in [3.63, 3.8) is 0 Å². The minimum Gasteiger partial charge on any atom is -0.481 e. The van der Waals surface area contributed by atoms with Gasteiger partial charge in [-0.3, -0.25) is 14.4 Å². The van der Waals surface area contributed by atoms with Gasteiger partial charge in [0.15, 0.2) is 5.92 Å². The highest BCUT2D eigenvalue weighted by molar-refractivity contribution is 5.92. The van der Waals surface area contributed by atoms with Crippen LogP contribution in [0.3, 0.4) is 0 Å². The molecule has 136 valence electrons. The zero-order chi connectivity index (χ0) is 18.6. The number of hydrogen-bond donors (Lipinski definition) is 4. The van der Waals surface area contributed by atoms with Gasteiger partial charge in [0.05, 0.1) is 0 Å². The standard InChI is InChI=1S/C8H17NO2.C8H14O4/c1-6(2)7(5-9)3-4-8(10)11;1-5(2)3-4-6(7(9)10)8(11)12/h6-7H,3-5,9H2,1-2H3,(H,10,11);5-6H,3-4H2,1-2H3,(H,9,10)(H,11,12). The second-order valence-corrected chi connectivity index (χ2v) is 6.37. The Balaban J connectivity index is 0. The maximum atomic E-state index is 10.4. The van der Waals surface area contributed by atoms with E-state index in [4.69, 9.17) is 21.1 Å². The maximum absolute atomic E-state index is 10.4. The zero-order valence-corrected chi connectivity index (χ0v) is 14.5. The monoisotopic (exact) mass is 333 g/mol. The molecule has 0 bridgehead atoms. The van der Waals surface area contributed by atoms with Crippen molar-refractivity contribution in [2.45, 2.75) is 53.4 Å². The fraction of sp³-hybridized carbons (Fsp3) is 0.812. The highest BCUT2D eigenvalue weighted by Gasteiger charge is 2.25. The third kappa shape index (κ3) is 13.7. The average Bonchev–Trinajstić information content (AvgIpc) is 2.38. The largest absolute Gasteiger partial charge is 0.481 e. The van der Waals surface area contributed by atoms with Crippen molar-refractivity contribution < 1.29 is 29.7 Å². The Morgan fingerprint density at radius 2 is 1.35 bits per heavy atom. The number of rotatable bonds is 10. The van der Waals surface area contributed by atoms with Crippen LogP contribution in [0.25, 0.3) is 0 Å². The molecule has 23 heavy (non-hydrogen) atoms. The minimum absolute atomic E-state index is 0.211. The molecule has 0 saturated heterocycles. The number of carboxylic acids is 3. The molecule has 1 unspecified atom stereocenters. The first-order valence-corrected chi connectivity index (χ1v) is 7.90. The molecule has 0 spiro atoms. The lowest BCUT2D eigenvalue weighted by atomic mass is 9.91. The van der Waals surface area contributed by atoms with Gasteiger partial charge in [-0.1, -0.05) is 27.7 Å². The minimum atomic E-state index is -1.25. The molecule has 0 saturated carbocycles. The van der Waals surface area contributed by atoms with E-state index >= 15 is 0 Å². The molecular formula is C16H31NO6. The molecule has 0 radical (unpaired) electrons. The molecule has 0 aliphatic rings. The summed E-state index contributed by atoms with van der Waals surface area (Å²) in [7, 11) is 0. The van der Waals surface area contributed by atoms with Gasteiger partial charge in [0.2, 0.25) is 0 Å². The van der Waals surface area contributed by atoms with Crippen LogP contribution >= 0.6 is 0 Å². The zero-order valence-electron chi connectivity index (χ0n) is 14.5. The van der Waals surface area contributed by atoms with Crippen LogP contribution in [-0.2, 0) is 14.4 Å². The number of aliphatic carboxylic acids is 3. The van der Waals surface area contributed by atoms with Gasteiger partial charge in [-0.15, -0.1) is 0 Å². The summed E-state index contributed by atoms with van der Waals surface area (Å²) in [6, 6.07) is 0. The van der Waals surface area contributed by atoms with E-state index in [-0.39, 0.29) is 12.8 Å².